The molecular formula is C38H27BN2Y+. The summed E-state index contributed by atoms with van der Waals surface area (Å²) in [5.41, 5.74) is 17.3. The second-order valence-corrected chi connectivity index (χ2v) is 11.5. The van der Waals surface area contributed by atoms with E-state index in [4.69, 9.17) is 0 Å². The van der Waals surface area contributed by atoms with E-state index in [0.29, 0.717) is 0 Å². The number of benzene rings is 6. The third-order valence-corrected chi connectivity index (χ3v) is 9.27. The van der Waals surface area contributed by atoms with Crippen molar-refractivity contribution < 1.29 is 37.3 Å². The minimum Gasteiger partial charge on any atom is -0.225 e. The van der Waals surface area contributed by atoms with E-state index in [0.717, 1.165) is 6.42 Å². The Morgan fingerprint density at radius 3 is 2.33 bits per heavy atom. The predicted molar refractivity (Wildman–Crippen MR) is 171 cm³/mol. The SMILES string of the molecule is Cc1ccc2c(c1-c1n(-c3ccccc3)c3c4ccccc4ccc3[n+]1C)Cc1ccc3c(c1-2)[B]c1ccccc1-3.[Y]. The molecule has 2 nitrogen and oxygen atoms in total. The maximum atomic E-state index is 2.50. The standard InChI is InChI=1S/C38H27BN2.Y/c1-23-16-19-29-31(22-25-17-20-30-28-14-8-9-15-32(28)39-36(30)35(25)29)34(23)38-40(2)33-21-18-24-10-6-7-13-27(24)37(33)41(38)26-11-4-3-5-12-26;/h3-21H,22H2,1-2H3;/q+1;. The van der Waals surface area contributed by atoms with Gasteiger partial charge in [-0.3, -0.25) is 0 Å². The maximum Gasteiger partial charge on any atom is 0.295 e. The summed E-state index contributed by atoms with van der Waals surface area (Å²) in [4.78, 5) is 0. The van der Waals surface area contributed by atoms with E-state index in [1.54, 1.807) is 0 Å². The van der Waals surface area contributed by atoms with E-state index >= 15 is 0 Å². The minimum atomic E-state index is 0. The number of aromatic nitrogens is 2. The molecule has 0 unspecified atom stereocenters. The zero-order valence-corrected chi connectivity index (χ0v) is 26.6. The first kappa shape index (κ1) is 25.9. The average molecular weight is 611 g/mol. The summed E-state index contributed by atoms with van der Waals surface area (Å²) in [6.07, 6.45) is 0.941. The van der Waals surface area contributed by atoms with Gasteiger partial charge in [0.05, 0.1) is 12.6 Å². The molecule has 6 aromatic carbocycles. The molecular weight excluding hydrogens is 584 g/mol. The first-order valence-electron chi connectivity index (χ1n) is 14.4. The van der Waals surface area contributed by atoms with E-state index in [9.17, 15) is 0 Å². The molecule has 7 aromatic rings. The van der Waals surface area contributed by atoms with Gasteiger partial charge in [0.1, 0.15) is 5.69 Å². The Bertz CT molecular complexity index is 2230. The van der Waals surface area contributed by atoms with E-state index in [1.807, 2.05) is 0 Å². The molecule has 0 saturated carbocycles. The molecule has 0 atom stereocenters. The van der Waals surface area contributed by atoms with Crippen LogP contribution in [0.15, 0.2) is 115 Å². The summed E-state index contributed by atoms with van der Waals surface area (Å²) in [7, 11) is 4.63. The molecule has 9 rings (SSSR count). The predicted octanol–water partition coefficient (Wildman–Crippen LogP) is 6.79. The number of nitrogens with zero attached hydrogens (tertiary/aromatic N) is 2. The van der Waals surface area contributed by atoms with E-state index in [-0.39, 0.29) is 32.7 Å². The van der Waals surface area contributed by atoms with Gasteiger partial charge in [-0.05, 0) is 88.0 Å². The van der Waals surface area contributed by atoms with Gasteiger partial charge >= 0.3 is 0 Å². The molecule has 2 heterocycles. The summed E-state index contributed by atoms with van der Waals surface area (Å²) in [5.74, 6) is 1.23. The van der Waals surface area contributed by atoms with Crippen LogP contribution in [0, 0.1) is 6.92 Å². The Morgan fingerprint density at radius 1 is 0.690 bits per heavy atom. The summed E-state index contributed by atoms with van der Waals surface area (Å²) in [6, 6.07) is 42.3. The van der Waals surface area contributed by atoms with Gasteiger partial charge in [-0.2, -0.15) is 4.57 Å². The van der Waals surface area contributed by atoms with Crippen molar-refractivity contribution in [3.8, 4) is 39.3 Å². The fourth-order valence-electron chi connectivity index (χ4n) is 7.45. The number of hydrogen-bond acceptors (Lipinski definition) is 0. The van der Waals surface area contributed by atoms with Crippen molar-refractivity contribution in [1.29, 1.82) is 0 Å². The first-order valence-corrected chi connectivity index (χ1v) is 14.4. The van der Waals surface area contributed by atoms with Crippen molar-refractivity contribution in [1.82, 2.24) is 4.57 Å². The van der Waals surface area contributed by atoms with Gasteiger partial charge in [0, 0.05) is 38.1 Å². The van der Waals surface area contributed by atoms with Crippen LogP contribution in [0.25, 0.3) is 61.1 Å². The van der Waals surface area contributed by atoms with Crippen LogP contribution in [0.4, 0.5) is 0 Å². The van der Waals surface area contributed by atoms with Crippen molar-refractivity contribution in [2.45, 2.75) is 13.3 Å². The quantitative estimate of drug-likeness (QED) is 0.151. The van der Waals surface area contributed by atoms with E-state index < -0.39 is 0 Å². The number of aryl methyl sites for hydroxylation is 2. The summed E-state index contributed by atoms with van der Waals surface area (Å²) in [6.45, 7) is 2.27. The zero-order chi connectivity index (χ0) is 27.2. The Balaban J connectivity index is 0.00000267. The Kier molecular flexibility index (Phi) is 5.93. The number of hydrogen-bond donors (Lipinski definition) is 0. The topological polar surface area (TPSA) is 8.81 Å². The van der Waals surface area contributed by atoms with Crippen molar-refractivity contribution in [3.63, 3.8) is 0 Å². The molecule has 0 spiro atoms. The Labute approximate surface area is 271 Å². The third kappa shape index (κ3) is 3.50. The molecule has 42 heavy (non-hydrogen) atoms. The molecule has 0 fully saturated rings. The van der Waals surface area contributed by atoms with Gasteiger partial charge < -0.3 is 0 Å². The first-order chi connectivity index (χ1) is 20.2. The fraction of sp³-hybridized carbons (Fsp3) is 0.0789. The van der Waals surface area contributed by atoms with Gasteiger partial charge in [-0.15, -0.1) is 0 Å². The number of rotatable bonds is 2. The van der Waals surface area contributed by atoms with Crippen LogP contribution in [-0.2, 0) is 46.2 Å². The van der Waals surface area contributed by atoms with Gasteiger partial charge in [0.2, 0.25) is 0 Å². The molecule has 4 heteroatoms. The van der Waals surface area contributed by atoms with Crippen molar-refractivity contribution in [2.24, 2.45) is 7.05 Å². The Hall–Kier alpha value is -3.78. The Morgan fingerprint density at radius 2 is 1.45 bits per heavy atom. The monoisotopic (exact) mass is 611 g/mol. The molecule has 0 N–H and O–H groups in total. The van der Waals surface area contributed by atoms with Gasteiger partial charge in [0.15, 0.2) is 18.3 Å². The normalized spacial score (nSPS) is 12.4. The van der Waals surface area contributed by atoms with Crippen LogP contribution in [0.1, 0.15) is 16.7 Å². The van der Waals surface area contributed by atoms with Crippen molar-refractivity contribution in [3.05, 3.63) is 132 Å². The molecule has 0 bridgehead atoms. The second kappa shape index (κ2) is 9.63. The van der Waals surface area contributed by atoms with Crippen LogP contribution in [0.3, 0.4) is 0 Å². The van der Waals surface area contributed by atoms with Crippen LogP contribution in [-0.4, -0.2) is 11.8 Å². The van der Waals surface area contributed by atoms with E-state index in [1.165, 1.54) is 88.8 Å². The summed E-state index contributed by atoms with van der Waals surface area (Å²) >= 11 is 0. The van der Waals surface area contributed by atoms with Gasteiger partial charge in [-0.1, -0.05) is 95.9 Å². The second-order valence-electron chi connectivity index (χ2n) is 11.5. The average Bonchev–Trinajstić information content (AvgIpc) is 3.67. The van der Waals surface area contributed by atoms with Crippen LogP contribution in [0.2, 0.25) is 0 Å². The van der Waals surface area contributed by atoms with Gasteiger partial charge in [0.25, 0.3) is 5.82 Å². The molecule has 1 aromatic heterocycles. The fourth-order valence-corrected chi connectivity index (χ4v) is 7.45. The largest absolute Gasteiger partial charge is 0.295 e. The number of para-hydroxylation sites is 1. The summed E-state index contributed by atoms with van der Waals surface area (Å²) < 4.78 is 4.91. The minimum absolute atomic E-state index is 0. The van der Waals surface area contributed by atoms with Crippen LogP contribution >= 0.6 is 0 Å². The van der Waals surface area contributed by atoms with Gasteiger partial charge in [-0.25, -0.2) is 4.57 Å². The third-order valence-electron chi connectivity index (χ3n) is 9.27. The number of imidazole rings is 1. The maximum absolute atomic E-state index is 2.50. The molecule has 1 aliphatic heterocycles. The van der Waals surface area contributed by atoms with Crippen LogP contribution < -0.4 is 15.5 Å². The molecule has 2 aliphatic rings. The smallest absolute Gasteiger partial charge is 0.225 e. The van der Waals surface area contributed by atoms with Crippen molar-refractivity contribution in [2.75, 3.05) is 0 Å². The molecule has 2 radical (unpaired) electrons. The van der Waals surface area contributed by atoms with E-state index in [2.05, 4.69) is 146 Å². The van der Waals surface area contributed by atoms with Crippen LogP contribution in [0.5, 0.6) is 0 Å². The summed E-state index contributed by atoms with van der Waals surface area (Å²) in [5, 5.41) is 2.53. The van der Waals surface area contributed by atoms with Crippen molar-refractivity contribution >= 4 is 40.0 Å². The molecule has 1 aliphatic carbocycles. The number of fused-ring (bicyclic) bond motifs is 10. The molecule has 194 valence electrons. The molecule has 0 amide bonds. The zero-order valence-electron chi connectivity index (χ0n) is 23.7. The molecule has 0 saturated heterocycles.